The van der Waals surface area contributed by atoms with E-state index >= 15 is 0 Å². The van der Waals surface area contributed by atoms with Gasteiger partial charge in [0.15, 0.2) is 0 Å². The number of benzene rings is 2. The van der Waals surface area contributed by atoms with Crippen molar-refractivity contribution >= 4 is 0 Å². The van der Waals surface area contributed by atoms with E-state index in [0.717, 1.165) is 38.4 Å². The number of hydrogen-bond donors (Lipinski definition) is 0. The molecule has 4 heteroatoms. The van der Waals surface area contributed by atoms with Crippen molar-refractivity contribution in [3.05, 3.63) is 71.3 Å². The van der Waals surface area contributed by atoms with Gasteiger partial charge < -0.3 is 4.90 Å². The van der Waals surface area contributed by atoms with Gasteiger partial charge in [0.2, 0.25) is 0 Å². The molecule has 1 atom stereocenters. The first-order valence-corrected chi connectivity index (χ1v) is 12.3. The minimum Gasteiger partial charge on any atom is -0.303 e. The number of aryl methyl sites for hydroxylation is 2. The molecule has 2 aliphatic rings. The number of halogens is 3. The molecule has 4 rings (SSSR count). The maximum absolute atomic E-state index is 13.1. The highest BCUT2D eigenvalue weighted by Gasteiger charge is 2.40. The Labute approximate surface area is 191 Å². The van der Waals surface area contributed by atoms with E-state index < -0.39 is 11.7 Å². The van der Waals surface area contributed by atoms with Crippen molar-refractivity contribution in [2.24, 2.45) is 11.3 Å². The molecular weight excluding hydrogens is 407 g/mol. The van der Waals surface area contributed by atoms with E-state index in [4.69, 9.17) is 0 Å². The van der Waals surface area contributed by atoms with Gasteiger partial charge in [0, 0.05) is 0 Å². The quantitative estimate of drug-likeness (QED) is 0.381. The number of likely N-dealkylation sites (tertiary alicyclic amines) is 1. The first kappa shape index (κ1) is 23.4. The van der Waals surface area contributed by atoms with Gasteiger partial charge in [0.05, 0.1) is 5.56 Å². The Balaban J connectivity index is 1.15. The van der Waals surface area contributed by atoms with Crippen molar-refractivity contribution in [3.8, 4) is 0 Å². The van der Waals surface area contributed by atoms with E-state index in [1.54, 1.807) is 12.1 Å². The normalized spacial score (nSPS) is 21.3. The third-order valence-corrected chi connectivity index (χ3v) is 7.90. The lowest BCUT2D eigenvalue weighted by molar-refractivity contribution is -0.138. The predicted octanol–water partition coefficient (Wildman–Crippen LogP) is 7.54. The second-order valence-corrected chi connectivity index (χ2v) is 10.1. The highest BCUT2D eigenvalue weighted by atomic mass is 19.4. The Kier molecular flexibility index (Phi) is 7.60. The molecule has 1 unspecified atom stereocenters. The Morgan fingerprint density at radius 1 is 0.844 bits per heavy atom. The van der Waals surface area contributed by atoms with Crippen LogP contribution in [0.1, 0.15) is 68.1 Å². The van der Waals surface area contributed by atoms with Crippen molar-refractivity contribution in [2.75, 3.05) is 19.6 Å². The van der Waals surface area contributed by atoms with Gasteiger partial charge in [-0.15, -0.1) is 0 Å². The van der Waals surface area contributed by atoms with Gasteiger partial charge in [0.1, 0.15) is 0 Å². The molecule has 0 bridgehead atoms. The minimum atomic E-state index is -4.25. The minimum absolute atomic E-state index is 0.435. The molecular formula is C28H36F3N. The molecule has 1 saturated heterocycles. The van der Waals surface area contributed by atoms with Gasteiger partial charge in [-0.25, -0.2) is 0 Å². The molecule has 174 valence electrons. The van der Waals surface area contributed by atoms with Crippen LogP contribution in [-0.2, 0) is 19.0 Å². The summed E-state index contributed by atoms with van der Waals surface area (Å²) >= 11 is 0. The largest absolute Gasteiger partial charge is 0.416 e. The lowest BCUT2D eigenvalue weighted by Crippen LogP contribution is -2.39. The van der Waals surface area contributed by atoms with E-state index in [1.807, 2.05) is 0 Å². The molecule has 0 radical (unpaired) electrons. The van der Waals surface area contributed by atoms with E-state index in [2.05, 4.69) is 35.2 Å². The third kappa shape index (κ3) is 6.15. The van der Waals surface area contributed by atoms with E-state index in [9.17, 15) is 13.2 Å². The van der Waals surface area contributed by atoms with Crippen molar-refractivity contribution in [3.63, 3.8) is 0 Å². The van der Waals surface area contributed by atoms with E-state index in [-0.39, 0.29) is 0 Å². The molecule has 0 N–H and O–H groups in total. The summed E-state index contributed by atoms with van der Waals surface area (Å²) in [6, 6.07) is 16.9. The SMILES string of the molecule is FC(F)(F)c1ccccc1CCCCN1CCC2(CCC(CCc3ccccc3)C2)CC1. The summed E-state index contributed by atoms with van der Waals surface area (Å²) in [6.45, 7) is 3.33. The molecule has 1 heterocycles. The topological polar surface area (TPSA) is 3.24 Å². The first-order valence-electron chi connectivity index (χ1n) is 12.3. The maximum atomic E-state index is 13.1. The Hall–Kier alpha value is -1.81. The highest BCUT2D eigenvalue weighted by Crippen LogP contribution is 2.50. The van der Waals surface area contributed by atoms with Crippen LogP contribution in [0.4, 0.5) is 13.2 Å². The Morgan fingerprint density at radius 3 is 2.31 bits per heavy atom. The van der Waals surface area contributed by atoms with Crippen LogP contribution in [0.25, 0.3) is 0 Å². The zero-order chi connectivity index (χ0) is 22.4. The highest BCUT2D eigenvalue weighted by molar-refractivity contribution is 5.29. The first-order chi connectivity index (χ1) is 15.4. The van der Waals surface area contributed by atoms with Crippen molar-refractivity contribution in [1.82, 2.24) is 4.90 Å². The fraction of sp³-hybridized carbons (Fsp3) is 0.571. The van der Waals surface area contributed by atoms with E-state index in [0.29, 0.717) is 17.4 Å². The summed E-state index contributed by atoms with van der Waals surface area (Å²) in [6.07, 6.45) is 7.31. The van der Waals surface area contributed by atoms with Crippen molar-refractivity contribution in [1.29, 1.82) is 0 Å². The van der Waals surface area contributed by atoms with Crippen LogP contribution < -0.4 is 0 Å². The second kappa shape index (κ2) is 10.4. The number of unbranched alkanes of at least 4 members (excludes halogenated alkanes) is 1. The van der Waals surface area contributed by atoms with Gasteiger partial charge in [-0.2, -0.15) is 13.2 Å². The molecule has 0 amide bonds. The zero-order valence-corrected chi connectivity index (χ0v) is 19.0. The molecule has 1 aliphatic heterocycles. The summed E-state index contributed by atoms with van der Waals surface area (Å²) in [5, 5.41) is 0. The van der Waals surface area contributed by atoms with Crippen molar-refractivity contribution in [2.45, 2.75) is 70.4 Å². The fourth-order valence-corrected chi connectivity index (χ4v) is 5.96. The molecule has 1 spiro atoms. The molecule has 2 aromatic carbocycles. The second-order valence-electron chi connectivity index (χ2n) is 10.1. The lowest BCUT2D eigenvalue weighted by atomic mass is 9.76. The summed E-state index contributed by atoms with van der Waals surface area (Å²) in [7, 11) is 0. The summed E-state index contributed by atoms with van der Waals surface area (Å²) in [5.74, 6) is 0.871. The number of hydrogen-bond acceptors (Lipinski definition) is 1. The van der Waals surface area contributed by atoms with Gasteiger partial charge in [-0.1, -0.05) is 48.5 Å². The average Bonchev–Trinajstić information content (AvgIpc) is 3.19. The fourth-order valence-electron chi connectivity index (χ4n) is 5.96. The van der Waals surface area contributed by atoms with Crippen LogP contribution in [0.2, 0.25) is 0 Å². The summed E-state index contributed by atoms with van der Waals surface area (Å²) in [5.41, 5.74) is 1.98. The van der Waals surface area contributed by atoms with Crippen LogP contribution in [0, 0.1) is 11.3 Å². The van der Waals surface area contributed by atoms with Crippen LogP contribution in [0.3, 0.4) is 0 Å². The maximum Gasteiger partial charge on any atom is 0.416 e. The molecule has 1 aliphatic carbocycles. The standard InChI is InChI=1S/C28H36F3N/c29-28(30,31)26-12-5-4-10-25(26)11-6-7-19-32-20-17-27(18-21-32)16-15-24(22-27)14-13-23-8-2-1-3-9-23/h1-5,8-10,12,24H,6-7,11,13-22H2. The molecule has 1 saturated carbocycles. The van der Waals surface area contributed by atoms with Crippen LogP contribution >= 0.6 is 0 Å². The smallest absolute Gasteiger partial charge is 0.303 e. The van der Waals surface area contributed by atoms with Gasteiger partial charge >= 0.3 is 6.18 Å². The molecule has 32 heavy (non-hydrogen) atoms. The van der Waals surface area contributed by atoms with Gasteiger partial charge in [-0.05, 0) is 112 Å². The number of alkyl halides is 3. The number of rotatable bonds is 8. The van der Waals surface area contributed by atoms with Crippen LogP contribution in [0.15, 0.2) is 54.6 Å². The van der Waals surface area contributed by atoms with Gasteiger partial charge in [-0.3, -0.25) is 0 Å². The molecule has 2 aromatic rings. The van der Waals surface area contributed by atoms with Gasteiger partial charge in [0.25, 0.3) is 0 Å². The van der Waals surface area contributed by atoms with E-state index in [1.165, 1.54) is 62.6 Å². The average molecular weight is 444 g/mol. The Morgan fingerprint density at radius 2 is 1.56 bits per heavy atom. The predicted molar refractivity (Wildman–Crippen MR) is 125 cm³/mol. The number of nitrogens with zero attached hydrogens (tertiary/aromatic N) is 1. The third-order valence-electron chi connectivity index (χ3n) is 7.90. The summed E-state index contributed by atoms with van der Waals surface area (Å²) in [4.78, 5) is 2.54. The monoisotopic (exact) mass is 443 g/mol. The lowest BCUT2D eigenvalue weighted by Gasteiger charge is -2.39. The zero-order valence-electron chi connectivity index (χ0n) is 19.0. The molecule has 0 aromatic heterocycles. The summed E-state index contributed by atoms with van der Waals surface area (Å²) < 4.78 is 39.4. The molecule has 1 nitrogen and oxygen atoms in total. The Bertz CT molecular complexity index is 837. The number of piperidine rings is 1. The van der Waals surface area contributed by atoms with Crippen molar-refractivity contribution < 1.29 is 13.2 Å². The van der Waals surface area contributed by atoms with Crippen LogP contribution in [-0.4, -0.2) is 24.5 Å². The molecule has 2 fully saturated rings. The van der Waals surface area contributed by atoms with Crippen LogP contribution in [0.5, 0.6) is 0 Å².